The normalized spacial score (nSPS) is 16.0. The summed E-state index contributed by atoms with van der Waals surface area (Å²) in [4.78, 5) is 14.3. The summed E-state index contributed by atoms with van der Waals surface area (Å²) < 4.78 is 24.6. The highest BCUT2D eigenvalue weighted by molar-refractivity contribution is 5.82. The molecule has 23 heavy (non-hydrogen) atoms. The van der Waals surface area contributed by atoms with Gasteiger partial charge in [0.1, 0.15) is 12.4 Å². The zero-order chi connectivity index (χ0) is 16.2. The highest BCUT2D eigenvalue weighted by Gasteiger charge is 2.30. The van der Waals surface area contributed by atoms with Crippen LogP contribution in [0.4, 0.5) is 4.39 Å². The van der Waals surface area contributed by atoms with Crippen molar-refractivity contribution in [2.75, 3.05) is 13.2 Å². The van der Waals surface area contributed by atoms with E-state index < -0.39 is 6.10 Å². The molecule has 120 valence electrons. The van der Waals surface area contributed by atoms with Gasteiger partial charge in [-0.3, -0.25) is 4.79 Å². The first-order valence-corrected chi connectivity index (χ1v) is 7.59. The number of para-hydroxylation sites is 2. The summed E-state index contributed by atoms with van der Waals surface area (Å²) in [5.41, 5.74) is 0.748. The number of ether oxygens (including phenoxy) is 2. The lowest BCUT2D eigenvalue weighted by atomic mass is 10.2. The summed E-state index contributed by atoms with van der Waals surface area (Å²) in [7, 11) is 0. The Morgan fingerprint density at radius 2 is 2.00 bits per heavy atom. The highest BCUT2D eigenvalue weighted by Crippen LogP contribution is 2.31. The number of benzene rings is 2. The van der Waals surface area contributed by atoms with Gasteiger partial charge in [-0.2, -0.15) is 0 Å². The van der Waals surface area contributed by atoms with E-state index in [1.54, 1.807) is 29.2 Å². The summed E-state index contributed by atoms with van der Waals surface area (Å²) in [6.45, 7) is 2.91. The Hall–Kier alpha value is -2.56. The van der Waals surface area contributed by atoms with E-state index in [9.17, 15) is 9.18 Å². The largest absolute Gasteiger partial charge is 0.485 e. The molecule has 1 unspecified atom stereocenters. The molecule has 0 fully saturated rings. The molecule has 1 amide bonds. The van der Waals surface area contributed by atoms with Gasteiger partial charge in [-0.15, -0.1) is 0 Å². The van der Waals surface area contributed by atoms with Gasteiger partial charge in [0.05, 0.1) is 0 Å². The highest BCUT2D eigenvalue weighted by atomic mass is 19.1. The van der Waals surface area contributed by atoms with E-state index in [0.29, 0.717) is 24.6 Å². The number of carbonyl (C=O) groups excluding carboxylic acids is 1. The van der Waals surface area contributed by atoms with E-state index in [-0.39, 0.29) is 18.3 Å². The first kappa shape index (κ1) is 15.3. The van der Waals surface area contributed by atoms with Crippen LogP contribution in [0.2, 0.25) is 0 Å². The molecule has 0 aromatic heterocycles. The number of hydrogen-bond donors (Lipinski definition) is 0. The van der Waals surface area contributed by atoms with Gasteiger partial charge in [-0.25, -0.2) is 4.39 Å². The van der Waals surface area contributed by atoms with E-state index in [1.807, 2.05) is 19.1 Å². The lowest BCUT2D eigenvalue weighted by Crippen LogP contribution is -2.46. The smallest absolute Gasteiger partial charge is 0.267 e. The molecule has 0 bridgehead atoms. The molecule has 0 spiro atoms. The monoisotopic (exact) mass is 315 g/mol. The molecule has 1 atom stereocenters. The summed E-state index contributed by atoms with van der Waals surface area (Å²) in [5, 5.41) is 0. The Kier molecular flexibility index (Phi) is 4.46. The zero-order valence-corrected chi connectivity index (χ0v) is 12.9. The molecule has 2 aromatic carbocycles. The van der Waals surface area contributed by atoms with Crippen LogP contribution in [0.15, 0.2) is 48.5 Å². The van der Waals surface area contributed by atoms with E-state index >= 15 is 0 Å². The third-order valence-corrected chi connectivity index (χ3v) is 3.74. The quantitative estimate of drug-likeness (QED) is 0.870. The van der Waals surface area contributed by atoms with Crippen LogP contribution < -0.4 is 9.47 Å². The average molecular weight is 315 g/mol. The standard InChI is InChI=1S/C18H18FNO3/c1-2-20(11-13-6-5-7-14(19)10-13)18(21)17-12-22-15-8-3-4-9-16(15)23-17/h3-10,17H,2,11-12H2,1H3. The first-order valence-electron chi connectivity index (χ1n) is 7.59. The molecular weight excluding hydrogens is 297 g/mol. The average Bonchev–Trinajstić information content (AvgIpc) is 2.58. The van der Waals surface area contributed by atoms with Crippen molar-refractivity contribution < 1.29 is 18.7 Å². The third-order valence-electron chi connectivity index (χ3n) is 3.74. The molecule has 3 rings (SSSR count). The predicted molar refractivity (Wildman–Crippen MR) is 83.8 cm³/mol. The fourth-order valence-corrected chi connectivity index (χ4v) is 2.55. The van der Waals surface area contributed by atoms with Crippen molar-refractivity contribution in [2.24, 2.45) is 0 Å². The number of nitrogens with zero attached hydrogens (tertiary/aromatic N) is 1. The number of hydrogen-bond acceptors (Lipinski definition) is 3. The number of amides is 1. The van der Waals surface area contributed by atoms with Gasteiger partial charge in [0.2, 0.25) is 6.10 Å². The Balaban J connectivity index is 1.71. The number of likely N-dealkylation sites (N-methyl/N-ethyl adjacent to an activating group) is 1. The summed E-state index contributed by atoms with van der Waals surface area (Å²) in [6, 6.07) is 13.5. The molecule has 1 aliphatic heterocycles. The Morgan fingerprint density at radius 1 is 1.22 bits per heavy atom. The molecule has 0 saturated heterocycles. The van der Waals surface area contributed by atoms with Crippen molar-refractivity contribution in [3.05, 3.63) is 59.9 Å². The molecule has 4 nitrogen and oxygen atoms in total. The van der Waals surface area contributed by atoms with Gasteiger partial charge < -0.3 is 14.4 Å². The summed E-state index contributed by atoms with van der Waals surface area (Å²) >= 11 is 0. The fourth-order valence-electron chi connectivity index (χ4n) is 2.55. The number of fused-ring (bicyclic) bond motifs is 1. The van der Waals surface area contributed by atoms with Crippen molar-refractivity contribution in [1.82, 2.24) is 4.90 Å². The van der Waals surface area contributed by atoms with Gasteiger partial charge in [0.15, 0.2) is 11.5 Å². The van der Waals surface area contributed by atoms with Crippen LogP contribution in [0.3, 0.4) is 0 Å². The van der Waals surface area contributed by atoms with Gasteiger partial charge in [-0.05, 0) is 36.8 Å². The maximum atomic E-state index is 13.3. The maximum absolute atomic E-state index is 13.3. The second kappa shape index (κ2) is 6.69. The van der Waals surface area contributed by atoms with Crippen LogP contribution in [0.5, 0.6) is 11.5 Å². The lowest BCUT2D eigenvalue weighted by Gasteiger charge is -2.30. The number of rotatable bonds is 4. The minimum absolute atomic E-state index is 0.161. The van der Waals surface area contributed by atoms with Gasteiger partial charge in [-0.1, -0.05) is 24.3 Å². The molecule has 5 heteroatoms. The SMILES string of the molecule is CCN(Cc1cccc(F)c1)C(=O)C1COc2ccccc2O1. The van der Waals surface area contributed by atoms with E-state index in [4.69, 9.17) is 9.47 Å². The molecule has 1 aliphatic rings. The van der Waals surface area contributed by atoms with Crippen LogP contribution >= 0.6 is 0 Å². The summed E-state index contributed by atoms with van der Waals surface area (Å²) in [6.07, 6.45) is -0.682. The predicted octanol–water partition coefficient (Wildman–Crippen LogP) is 3.01. The minimum Gasteiger partial charge on any atom is -0.485 e. The Bertz CT molecular complexity index is 704. The number of carbonyl (C=O) groups is 1. The molecular formula is C18H18FNO3. The van der Waals surface area contributed by atoms with Crippen LogP contribution in [0, 0.1) is 5.82 Å². The maximum Gasteiger partial charge on any atom is 0.267 e. The Morgan fingerprint density at radius 3 is 2.74 bits per heavy atom. The first-order chi connectivity index (χ1) is 11.2. The molecule has 0 aliphatic carbocycles. The van der Waals surface area contributed by atoms with Crippen molar-refractivity contribution >= 4 is 5.91 Å². The van der Waals surface area contributed by atoms with Crippen molar-refractivity contribution in [3.8, 4) is 11.5 Å². The molecule has 0 saturated carbocycles. The summed E-state index contributed by atoms with van der Waals surface area (Å²) in [5.74, 6) is 0.743. The van der Waals surface area contributed by atoms with Gasteiger partial charge >= 0.3 is 0 Å². The third kappa shape index (κ3) is 3.44. The fraction of sp³-hybridized carbons (Fsp3) is 0.278. The van der Waals surface area contributed by atoms with Crippen LogP contribution in [0.1, 0.15) is 12.5 Å². The van der Waals surface area contributed by atoms with Gasteiger partial charge in [0, 0.05) is 13.1 Å². The zero-order valence-electron chi connectivity index (χ0n) is 12.9. The van der Waals surface area contributed by atoms with Gasteiger partial charge in [0.25, 0.3) is 5.91 Å². The van der Waals surface area contributed by atoms with Crippen molar-refractivity contribution in [3.63, 3.8) is 0 Å². The second-order valence-corrected chi connectivity index (χ2v) is 5.35. The van der Waals surface area contributed by atoms with Crippen LogP contribution in [-0.2, 0) is 11.3 Å². The van der Waals surface area contributed by atoms with E-state index in [0.717, 1.165) is 5.56 Å². The van der Waals surface area contributed by atoms with E-state index in [2.05, 4.69) is 0 Å². The second-order valence-electron chi connectivity index (χ2n) is 5.35. The van der Waals surface area contributed by atoms with E-state index in [1.165, 1.54) is 12.1 Å². The van der Waals surface area contributed by atoms with Crippen LogP contribution in [0.25, 0.3) is 0 Å². The van der Waals surface area contributed by atoms with Crippen molar-refractivity contribution in [2.45, 2.75) is 19.6 Å². The molecule has 1 heterocycles. The lowest BCUT2D eigenvalue weighted by molar-refractivity contribution is -0.141. The van der Waals surface area contributed by atoms with Crippen LogP contribution in [-0.4, -0.2) is 30.1 Å². The molecule has 0 radical (unpaired) electrons. The minimum atomic E-state index is -0.682. The number of halogens is 1. The molecule has 2 aromatic rings. The Labute approximate surface area is 134 Å². The topological polar surface area (TPSA) is 38.8 Å². The van der Waals surface area contributed by atoms with Crippen molar-refractivity contribution in [1.29, 1.82) is 0 Å². The molecule has 0 N–H and O–H groups in total.